The first kappa shape index (κ1) is 28.1. The number of carbonyl (C=O) groups is 2. The SMILES string of the molecule is COc1cccc(N(CCCC(=O)N(Cc2ccccc2F)[C@H](C)C(=O)NC(C)C)S(C)(=O)=O)c1. The molecular formula is C25H34FN3O5S. The second-order valence-electron chi connectivity index (χ2n) is 8.59. The fourth-order valence-corrected chi connectivity index (χ4v) is 4.52. The van der Waals surface area contributed by atoms with Gasteiger partial charge < -0.3 is 15.0 Å². The van der Waals surface area contributed by atoms with E-state index >= 15 is 0 Å². The van der Waals surface area contributed by atoms with Crippen molar-refractivity contribution in [1.82, 2.24) is 10.2 Å². The minimum Gasteiger partial charge on any atom is -0.497 e. The van der Waals surface area contributed by atoms with Crippen molar-refractivity contribution < 1.29 is 27.1 Å². The van der Waals surface area contributed by atoms with Gasteiger partial charge in [-0.2, -0.15) is 0 Å². The molecular weight excluding hydrogens is 473 g/mol. The van der Waals surface area contributed by atoms with Gasteiger partial charge in [0.1, 0.15) is 17.6 Å². The van der Waals surface area contributed by atoms with E-state index in [1.54, 1.807) is 49.4 Å². The molecule has 0 radical (unpaired) electrons. The van der Waals surface area contributed by atoms with Crippen LogP contribution in [0.3, 0.4) is 0 Å². The molecule has 0 saturated heterocycles. The van der Waals surface area contributed by atoms with Crippen LogP contribution in [0.25, 0.3) is 0 Å². The molecule has 0 spiro atoms. The number of nitrogens with one attached hydrogen (secondary N) is 1. The third-order valence-corrected chi connectivity index (χ3v) is 6.58. The average Bonchev–Trinajstić information content (AvgIpc) is 2.79. The van der Waals surface area contributed by atoms with Gasteiger partial charge in [-0.1, -0.05) is 24.3 Å². The lowest BCUT2D eigenvalue weighted by atomic mass is 10.1. The van der Waals surface area contributed by atoms with Gasteiger partial charge in [0, 0.05) is 37.2 Å². The first-order chi connectivity index (χ1) is 16.4. The lowest BCUT2D eigenvalue weighted by Crippen LogP contribution is -2.49. The lowest BCUT2D eigenvalue weighted by molar-refractivity contribution is -0.140. The summed E-state index contributed by atoms with van der Waals surface area (Å²) >= 11 is 0. The molecule has 0 bridgehead atoms. The molecule has 0 heterocycles. The summed E-state index contributed by atoms with van der Waals surface area (Å²) in [6, 6.07) is 11.8. The van der Waals surface area contributed by atoms with Crippen LogP contribution in [-0.2, 0) is 26.2 Å². The number of nitrogens with zero attached hydrogens (tertiary/aromatic N) is 2. The van der Waals surface area contributed by atoms with Crippen LogP contribution in [0.4, 0.5) is 10.1 Å². The molecule has 0 saturated carbocycles. The third kappa shape index (κ3) is 8.24. The van der Waals surface area contributed by atoms with Gasteiger partial charge in [0.05, 0.1) is 19.1 Å². The van der Waals surface area contributed by atoms with Crippen molar-refractivity contribution in [2.45, 2.75) is 52.2 Å². The predicted molar refractivity (Wildman–Crippen MR) is 134 cm³/mol. The predicted octanol–water partition coefficient (Wildman–Crippen LogP) is 3.32. The minimum atomic E-state index is -3.62. The second kappa shape index (κ2) is 12.5. The van der Waals surface area contributed by atoms with Crippen molar-refractivity contribution in [2.75, 3.05) is 24.2 Å². The van der Waals surface area contributed by atoms with Crippen LogP contribution < -0.4 is 14.4 Å². The van der Waals surface area contributed by atoms with Gasteiger partial charge in [0.2, 0.25) is 21.8 Å². The van der Waals surface area contributed by atoms with Crippen molar-refractivity contribution in [1.29, 1.82) is 0 Å². The summed E-state index contributed by atoms with van der Waals surface area (Å²) in [5, 5.41) is 2.78. The Morgan fingerprint density at radius 2 is 1.77 bits per heavy atom. The van der Waals surface area contributed by atoms with E-state index in [-0.39, 0.29) is 43.8 Å². The summed E-state index contributed by atoms with van der Waals surface area (Å²) in [6.45, 7) is 5.19. The molecule has 0 aliphatic heterocycles. The molecule has 2 aromatic carbocycles. The molecule has 35 heavy (non-hydrogen) atoms. The van der Waals surface area contributed by atoms with Gasteiger partial charge in [-0.25, -0.2) is 12.8 Å². The standard InChI is InChI=1S/C25H34FN3O5S/c1-18(2)27-25(31)19(3)28(17-20-10-6-7-13-23(20)26)24(30)14-9-15-29(35(5,32)33)21-11-8-12-22(16-21)34-4/h6-8,10-13,16,18-19H,9,14-15,17H2,1-5H3,(H,27,31)/t19-/m1/s1. The number of benzene rings is 2. The Kier molecular flexibility index (Phi) is 10.1. The third-order valence-electron chi connectivity index (χ3n) is 5.39. The van der Waals surface area contributed by atoms with E-state index in [0.29, 0.717) is 17.0 Å². The van der Waals surface area contributed by atoms with Crippen molar-refractivity contribution in [3.05, 3.63) is 59.9 Å². The fraction of sp³-hybridized carbons (Fsp3) is 0.440. The van der Waals surface area contributed by atoms with E-state index in [1.165, 1.54) is 22.4 Å². The van der Waals surface area contributed by atoms with E-state index in [0.717, 1.165) is 6.26 Å². The van der Waals surface area contributed by atoms with Gasteiger partial charge >= 0.3 is 0 Å². The molecule has 1 atom stereocenters. The summed E-state index contributed by atoms with van der Waals surface area (Å²) in [7, 11) is -2.13. The van der Waals surface area contributed by atoms with Crippen molar-refractivity contribution >= 4 is 27.5 Å². The van der Waals surface area contributed by atoms with E-state index in [4.69, 9.17) is 4.74 Å². The number of rotatable bonds is 12. The van der Waals surface area contributed by atoms with Crippen molar-refractivity contribution in [3.63, 3.8) is 0 Å². The van der Waals surface area contributed by atoms with Crippen LogP contribution in [0, 0.1) is 5.82 Å². The molecule has 2 amide bonds. The molecule has 0 aliphatic rings. The first-order valence-corrected chi connectivity index (χ1v) is 13.2. The number of sulfonamides is 1. The Morgan fingerprint density at radius 1 is 1.09 bits per heavy atom. The molecule has 192 valence electrons. The Bertz CT molecular complexity index is 1120. The molecule has 0 aromatic heterocycles. The maximum atomic E-state index is 14.3. The van der Waals surface area contributed by atoms with E-state index in [9.17, 15) is 22.4 Å². The van der Waals surface area contributed by atoms with Crippen LogP contribution in [0.5, 0.6) is 5.75 Å². The van der Waals surface area contributed by atoms with Gasteiger partial charge in [-0.15, -0.1) is 0 Å². The smallest absolute Gasteiger partial charge is 0.242 e. The second-order valence-corrected chi connectivity index (χ2v) is 10.5. The average molecular weight is 508 g/mol. The van der Waals surface area contributed by atoms with E-state index in [1.807, 2.05) is 13.8 Å². The van der Waals surface area contributed by atoms with Gasteiger partial charge in [0.25, 0.3) is 0 Å². The molecule has 2 aromatic rings. The molecule has 2 rings (SSSR count). The Morgan fingerprint density at radius 3 is 2.37 bits per heavy atom. The van der Waals surface area contributed by atoms with Crippen molar-refractivity contribution in [2.24, 2.45) is 0 Å². The van der Waals surface area contributed by atoms with Crippen LogP contribution in [0.1, 0.15) is 39.2 Å². The van der Waals surface area contributed by atoms with Gasteiger partial charge in [-0.05, 0) is 45.4 Å². The normalized spacial score (nSPS) is 12.2. The summed E-state index contributed by atoms with van der Waals surface area (Å²) < 4.78 is 45.5. The summed E-state index contributed by atoms with van der Waals surface area (Å²) in [5.41, 5.74) is 0.714. The summed E-state index contributed by atoms with van der Waals surface area (Å²) in [5.74, 6) is -0.686. The highest BCUT2D eigenvalue weighted by molar-refractivity contribution is 7.92. The van der Waals surface area contributed by atoms with Crippen LogP contribution >= 0.6 is 0 Å². The molecule has 0 fully saturated rings. The Labute approximate surface area is 207 Å². The molecule has 0 aliphatic carbocycles. The van der Waals surface area contributed by atoms with E-state index < -0.39 is 21.9 Å². The highest BCUT2D eigenvalue weighted by atomic mass is 32.2. The Balaban J connectivity index is 2.19. The monoisotopic (exact) mass is 507 g/mol. The van der Waals surface area contributed by atoms with E-state index in [2.05, 4.69) is 5.32 Å². The number of methoxy groups -OCH3 is 1. The number of hydrogen-bond acceptors (Lipinski definition) is 5. The maximum Gasteiger partial charge on any atom is 0.242 e. The number of hydrogen-bond donors (Lipinski definition) is 1. The maximum absolute atomic E-state index is 14.3. The number of ether oxygens (including phenoxy) is 1. The largest absolute Gasteiger partial charge is 0.497 e. The number of amides is 2. The minimum absolute atomic E-state index is 0.0241. The number of halogens is 1. The van der Waals surface area contributed by atoms with Gasteiger partial charge in [0.15, 0.2) is 0 Å². The molecule has 1 N–H and O–H groups in total. The molecule has 0 unspecified atom stereocenters. The first-order valence-electron chi connectivity index (χ1n) is 11.4. The van der Waals surface area contributed by atoms with Crippen molar-refractivity contribution in [3.8, 4) is 5.75 Å². The quantitative estimate of drug-likeness (QED) is 0.476. The summed E-state index contributed by atoms with van der Waals surface area (Å²) in [6.07, 6.45) is 1.27. The Hall–Kier alpha value is -3.14. The van der Waals surface area contributed by atoms with Crippen LogP contribution in [-0.4, -0.2) is 57.1 Å². The highest BCUT2D eigenvalue weighted by Gasteiger charge is 2.27. The summed E-state index contributed by atoms with van der Waals surface area (Å²) in [4.78, 5) is 27.2. The lowest BCUT2D eigenvalue weighted by Gasteiger charge is -2.30. The topological polar surface area (TPSA) is 96.0 Å². The fourth-order valence-electron chi connectivity index (χ4n) is 3.57. The zero-order valence-corrected chi connectivity index (χ0v) is 21.6. The molecule has 8 nitrogen and oxygen atoms in total. The molecule has 10 heteroatoms. The zero-order valence-electron chi connectivity index (χ0n) is 20.8. The number of carbonyl (C=O) groups excluding carboxylic acids is 2. The highest BCUT2D eigenvalue weighted by Crippen LogP contribution is 2.24. The van der Waals surface area contributed by atoms with Crippen LogP contribution in [0.15, 0.2) is 48.5 Å². The van der Waals surface area contributed by atoms with Gasteiger partial charge in [-0.3, -0.25) is 13.9 Å². The number of anilines is 1. The zero-order chi connectivity index (χ0) is 26.2. The van der Waals surface area contributed by atoms with Crippen LogP contribution in [0.2, 0.25) is 0 Å².